The fraction of sp³-hybridized carbons (Fsp3) is 0.650. The Balaban J connectivity index is 1.25. The highest BCUT2D eigenvalue weighted by molar-refractivity contribution is 5.77. The lowest BCUT2D eigenvalue weighted by Gasteiger charge is -2.46. The average Bonchev–Trinajstić information content (AvgIpc) is 3.20. The van der Waals surface area contributed by atoms with Crippen LogP contribution >= 0.6 is 0 Å². The molecule has 6 heteroatoms. The maximum Gasteiger partial charge on any atom is 0.225 e. The van der Waals surface area contributed by atoms with Crippen LogP contribution in [0.1, 0.15) is 44.9 Å². The lowest BCUT2D eigenvalue weighted by Crippen LogP contribution is -2.43. The first-order valence-electron chi connectivity index (χ1n) is 9.79. The number of rotatable bonds is 3. The van der Waals surface area contributed by atoms with E-state index in [0.717, 1.165) is 39.0 Å². The van der Waals surface area contributed by atoms with Gasteiger partial charge in [-0.1, -0.05) is 12.2 Å². The number of piperidine rings is 1. The molecule has 3 aliphatic rings. The van der Waals surface area contributed by atoms with E-state index in [-0.39, 0.29) is 5.82 Å². The number of amides is 1. The Morgan fingerprint density at radius 3 is 2.31 bits per heavy atom. The molecule has 2 aliphatic heterocycles. The molecule has 0 unspecified atom stereocenters. The van der Waals surface area contributed by atoms with Crippen LogP contribution in [0.15, 0.2) is 24.5 Å². The van der Waals surface area contributed by atoms with E-state index < -0.39 is 0 Å². The molecular formula is C20H27FN4O. The zero-order chi connectivity index (χ0) is 18.0. The summed E-state index contributed by atoms with van der Waals surface area (Å²) in [6, 6.07) is 0. The minimum absolute atomic E-state index is 0.319. The van der Waals surface area contributed by atoms with E-state index in [0.29, 0.717) is 29.6 Å². The highest BCUT2D eigenvalue weighted by atomic mass is 19.1. The predicted molar refractivity (Wildman–Crippen MR) is 98.2 cm³/mol. The van der Waals surface area contributed by atoms with E-state index in [1.807, 2.05) is 4.90 Å². The second kappa shape index (κ2) is 7.33. The molecule has 140 valence electrons. The summed E-state index contributed by atoms with van der Waals surface area (Å²) in [6.45, 7) is 3.46. The summed E-state index contributed by atoms with van der Waals surface area (Å²) in [6.07, 6.45) is 14.4. The molecule has 0 N–H and O–H groups in total. The number of hydrogen-bond acceptors (Lipinski definition) is 4. The molecule has 2 fully saturated rings. The van der Waals surface area contributed by atoms with Gasteiger partial charge in [-0.2, -0.15) is 0 Å². The van der Waals surface area contributed by atoms with Gasteiger partial charge in [-0.05, 0) is 49.9 Å². The third kappa shape index (κ3) is 3.74. The maximum atomic E-state index is 13.0. The highest BCUT2D eigenvalue weighted by Crippen LogP contribution is 2.47. The van der Waals surface area contributed by atoms with Crippen LogP contribution in [0.3, 0.4) is 0 Å². The standard InChI is InChI=1S/C20H27FN4O/c21-17-14-22-19(23-15-17)25-11-7-20(8-12-25)5-3-16(4-6-20)13-18(26)24-9-1-2-10-24/h1-2,14-16H,3-13H2. The van der Waals surface area contributed by atoms with Gasteiger partial charge in [-0.15, -0.1) is 0 Å². The summed E-state index contributed by atoms with van der Waals surface area (Å²) in [5, 5.41) is 0. The van der Waals surface area contributed by atoms with Gasteiger partial charge in [0.2, 0.25) is 11.9 Å². The van der Waals surface area contributed by atoms with Crippen molar-refractivity contribution in [3.05, 3.63) is 30.4 Å². The fourth-order valence-corrected chi connectivity index (χ4v) is 4.70. The summed E-state index contributed by atoms with van der Waals surface area (Å²) in [5.74, 6) is 1.12. The van der Waals surface area contributed by atoms with E-state index in [4.69, 9.17) is 0 Å². The van der Waals surface area contributed by atoms with Crippen LogP contribution < -0.4 is 4.90 Å². The Bertz CT molecular complexity index is 649. The first-order chi connectivity index (χ1) is 12.6. The summed E-state index contributed by atoms with van der Waals surface area (Å²) < 4.78 is 13.0. The summed E-state index contributed by atoms with van der Waals surface area (Å²) in [7, 11) is 0. The molecule has 0 bridgehead atoms. The molecule has 0 radical (unpaired) electrons. The molecule has 0 atom stereocenters. The average molecular weight is 358 g/mol. The first-order valence-corrected chi connectivity index (χ1v) is 9.79. The van der Waals surface area contributed by atoms with Crippen molar-refractivity contribution in [1.29, 1.82) is 0 Å². The number of carbonyl (C=O) groups is 1. The van der Waals surface area contributed by atoms with Crippen LogP contribution in [0.25, 0.3) is 0 Å². The zero-order valence-corrected chi connectivity index (χ0v) is 15.2. The lowest BCUT2D eigenvalue weighted by atomic mass is 9.65. The molecular weight excluding hydrogens is 331 g/mol. The van der Waals surface area contributed by atoms with Crippen molar-refractivity contribution in [2.75, 3.05) is 31.1 Å². The van der Waals surface area contributed by atoms with E-state index >= 15 is 0 Å². The van der Waals surface area contributed by atoms with E-state index in [2.05, 4.69) is 27.0 Å². The lowest BCUT2D eigenvalue weighted by molar-refractivity contribution is -0.131. The molecule has 1 saturated heterocycles. The van der Waals surface area contributed by atoms with E-state index in [9.17, 15) is 9.18 Å². The number of nitrogens with zero attached hydrogens (tertiary/aromatic N) is 4. The SMILES string of the molecule is O=C(CC1CCC2(CC1)CCN(c1ncc(F)cn1)CC2)N1CC=CC1. The van der Waals surface area contributed by atoms with Crippen LogP contribution in [0.4, 0.5) is 10.3 Å². The van der Waals surface area contributed by atoms with Gasteiger partial charge in [-0.3, -0.25) is 4.79 Å². The molecule has 0 aromatic carbocycles. The number of aromatic nitrogens is 2. The van der Waals surface area contributed by atoms with Gasteiger partial charge < -0.3 is 9.80 Å². The number of anilines is 1. The Labute approximate surface area is 154 Å². The normalized spacial score (nSPS) is 23.0. The van der Waals surface area contributed by atoms with Crippen molar-refractivity contribution in [3.63, 3.8) is 0 Å². The number of carbonyl (C=O) groups excluding carboxylic acids is 1. The third-order valence-electron chi connectivity index (χ3n) is 6.51. The monoisotopic (exact) mass is 358 g/mol. The van der Waals surface area contributed by atoms with Gasteiger partial charge in [0, 0.05) is 32.6 Å². The van der Waals surface area contributed by atoms with E-state index in [1.54, 1.807) is 0 Å². The van der Waals surface area contributed by atoms with Crippen LogP contribution in [-0.4, -0.2) is 47.0 Å². The number of hydrogen-bond donors (Lipinski definition) is 0. The van der Waals surface area contributed by atoms with Gasteiger partial charge in [0.15, 0.2) is 5.82 Å². The van der Waals surface area contributed by atoms with Crippen LogP contribution in [0.2, 0.25) is 0 Å². The minimum atomic E-state index is -0.389. The van der Waals surface area contributed by atoms with Gasteiger partial charge in [0.05, 0.1) is 12.4 Å². The molecule has 5 nitrogen and oxygen atoms in total. The predicted octanol–water partition coefficient (Wildman–Crippen LogP) is 3.18. The maximum absolute atomic E-state index is 13.0. The number of halogens is 1. The van der Waals surface area contributed by atoms with Crippen molar-refractivity contribution in [1.82, 2.24) is 14.9 Å². The second-order valence-electron chi connectivity index (χ2n) is 8.11. The minimum Gasteiger partial charge on any atom is -0.341 e. The van der Waals surface area contributed by atoms with Gasteiger partial charge in [0.25, 0.3) is 0 Å². The third-order valence-corrected chi connectivity index (χ3v) is 6.51. The largest absolute Gasteiger partial charge is 0.341 e. The van der Waals surface area contributed by atoms with E-state index in [1.165, 1.54) is 38.1 Å². The molecule has 1 aliphatic carbocycles. The molecule has 3 heterocycles. The molecule has 1 amide bonds. The zero-order valence-electron chi connectivity index (χ0n) is 15.2. The van der Waals surface area contributed by atoms with Gasteiger partial charge in [0.1, 0.15) is 0 Å². The molecule has 26 heavy (non-hydrogen) atoms. The second-order valence-corrected chi connectivity index (χ2v) is 8.11. The smallest absolute Gasteiger partial charge is 0.225 e. The van der Waals surface area contributed by atoms with Crippen molar-refractivity contribution in [3.8, 4) is 0 Å². The van der Waals surface area contributed by atoms with Crippen LogP contribution in [0.5, 0.6) is 0 Å². The quantitative estimate of drug-likeness (QED) is 0.779. The van der Waals surface area contributed by atoms with Crippen molar-refractivity contribution in [2.45, 2.75) is 44.9 Å². The van der Waals surface area contributed by atoms with Crippen molar-refractivity contribution in [2.24, 2.45) is 11.3 Å². The van der Waals surface area contributed by atoms with Crippen molar-refractivity contribution < 1.29 is 9.18 Å². The highest BCUT2D eigenvalue weighted by Gasteiger charge is 2.39. The van der Waals surface area contributed by atoms with Crippen LogP contribution in [-0.2, 0) is 4.79 Å². The topological polar surface area (TPSA) is 49.3 Å². The summed E-state index contributed by atoms with van der Waals surface area (Å²) in [4.78, 5) is 24.7. The Hall–Kier alpha value is -1.98. The van der Waals surface area contributed by atoms with Gasteiger partial charge >= 0.3 is 0 Å². The summed E-state index contributed by atoms with van der Waals surface area (Å²) in [5.41, 5.74) is 0.422. The van der Waals surface area contributed by atoms with Crippen molar-refractivity contribution >= 4 is 11.9 Å². The molecule has 1 aromatic heterocycles. The molecule has 4 rings (SSSR count). The first kappa shape index (κ1) is 17.4. The molecule has 1 spiro atoms. The van der Waals surface area contributed by atoms with Crippen LogP contribution in [0, 0.1) is 17.2 Å². The summed E-state index contributed by atoms with van der Waals surface area (Å²) >= 11 is 0. The van der Waals surface area contributed by atoms with Gasteiger partial charge in [-0.25, -0.2) is 14.4 Å². The molecule has 1 saturated carbocycles. The Morgan fingerprint density at radius 2 is 1.69 bits per heavy atom. The fourth-order valence-electron chi connectivity index (χ4n) is 4.70. The molecule has 1 aromatic rings. The Morgan fingerprint density at radius 1 is 1.08 bits per heavy atom. The Kier molecular flexibility index (Phi) is 4.92.